The van der Waals surface area contributed by atoms with E-state index in [1.807, 2.05) is 16.4 Å². The van der Waals surface area contributed by atoms with Gasteiger partial charge in [-0.15, -0.1) is 10.2 Å². The fourth-order valence-electron chi connectivity index (χ4n) is 2.95. The van der Waals surface area contributed by atoms with Gasteiger partial charge in [-0.25, -0.2) is 8.78 Å². The van der Waals surface area contributed by atoms with E-state index in [9.17, 15) is 13.9 Å². The number of benzene rings is 1. The first-order valence-corrected chi connectivity index (χ1v) is 7.93. The topological polar surface area (TPSA) is 63.4 Å². The van der Waals surface area contributed by atoms with Crippen LogP contribution in [0.3, 0.4) is 0 Å². The van der Waals surface area contributed by atoms with Crippen LogP contribution < -0.4 is 0 Å². The Hall–Kier alpha value is -1.90. The van der Waals surface area contributed by atoms with Crippen molar-refractivity contribution >= 4 is 0 Å². The van der Waals surface area contributed by atoms with E-state index in [-0.39, 0.29) is 18.2 Å². The Balaban J connectivity index is 1.69. The summed E-state index contributed by atoms with van der Waals surface area (Å²) in [5.74, 6) is -0.759. The van der Waals surface area contributed by atoms with Gasteiger partial charge in [0.25, 0.3) is 0 Å². The molecule has 0 bridgehead atoms. The zero-order valence-electron chi connectivity index (χ0n) is 13.4. The molecule has 130 valence electrons. The summed E-state index contributed by atoms with van der Waals surface area (Å²) in [4.78, 5) is 1.92. The van der Waals surface area contributed by atoms with Crippen molar-refractivity contribution in [2.45, 2.75) is 25.7 Å². The zero-order chi connectivity index (χ0) is 17.1. The van der Waals surface area contributed by atoms with Gasteiger partial charge in [0.1, 0.15) is 24.1 Å². The minimum absolute atomic E-state index is 0.123. The van der Waals surface area contributed by atoms with E-state index >= 15 is 0 Å². The molecular formula is C16H20F2N4O2. The highest BCUT2D eigenvalue weighted by Crippen LogP contribution is 2.25. The summed E-state index contributed by atoms with van der Waals surface area (Å²) >= 11 is 0. The minimum atomic E-state index is -1.24. The second kappa shape index (κ2) is 7.33. The molecule has 24 heavy (non-hydrogen) atoms. The van der Waals surface area contributed by atoms with Gasteiger partial charge in [0.2, 0.25) is 0 Å². The molecule has 0 radical (unpaired) electrons. The average Bonchev–Trinajstić information content (AvgIpc) is 3.03. The van der Waals surface area contributed by atoms with Gasteiger partial charge in [-0.1, -0.05) is 6.07 Å². The molecule has 0 aliphatic carbocycles. The highest BCUT2D eigenvalue weighted by molar-refractivity contribution is 5.22. The van der Waals surface area contributed by atoms with Crippen LogP contribution in [0.2, 0.25) is 0 Å². The molecule has 2 aromatic rings. The van der Waals surface area contributed by atoms with Gasteiger partial charge in [0.15, 0.2) is 5.82 Å². The Morgan fingerprint density at radius 1 is 1.38 bits per heavy atom. The molecule has 1 aromatic carbocycles. The number of ether oxygens (including phenoxy) is 1. The van der Waals surface area contributed by atoms with Gasteiger partial charge in [0.05, 0.1) is 18.3 Å². The molecule has 1 fully saturated rings. The van der Waals surface area contributed by atoms with Crippen LogP contribution >= 0.6 is 0 Å². The van der Waals surface area contributed by atoms with E-state index in [0.29, 0.717) is 25.5 Å². The molecule has 3 rings (SSSR count). The van der Waals surface area contributed by atoms with Crippen LogP contribution in [0.5, 0.6) is 0 Å². The monoisotopic (exact) mass is 338 g/mol. The van der Waals surface area contributed by atoms with E-state index in [1.165, 1.54) is 6.07 Å². The molecule has 0 amide bonds. The maximum absolute atomic E-state index is 13.8. The van der Waals surface area contributed by atoms with Crippen LogP contribution in [-0.2, 0) is 11.3 Å². The van der Waals surface area contributed by atoms with E-state index in [1.54, 1.807) is 6.33 Å². The lowest BCUT2D eigenvalue weighted by Gasteiger charge is -2.33. The Labute approximate surface area is 138 Å². The standard InChI is InChI=1S/C16H20F2N4O2/c1-2-22-10-19-20-16(22)14-9-21(6-7-24-14)8-13(23)15-11(17)4-3-5-12(15)18/h3-5,10,13-14,23H,2,6-9H2,1H3. The summed E-state index contributed by atoms with van der Waals surface area (Å²) in [5.41, 5.74) is -0.294. The summed E-state index contributed by atoms with van der Waals surface area (Å²) in [6, 6.07) is 3.57. The molecule has 2 atom stereocenters. The number of rotatable bonds is 5. The van der Waals surface area contributed by atoms with E-state index in [4.69, 9.17) is 4.74 Å². The first kappa shape index (κ1) is 16.9. The van der Waals surface area contributed by atoms with Crippen molar-refractivity contribution in [3.05, 3.63) is 47.5 Å². The third-order valence-corrected chi connectivity index (χ3v) is 4.19. The summed E-state index contributed by atoms with van der Waals surface area (Å²) in [6.45, 7) is 4.34. The Bertz CT molecular complexity index is 674. The molecule has 2 heterocycles. The molecule has 1 N–H and O–H groups in total. The number of hydrogen-bond donors (Lipinski definition) is 1. The molecule has 0 spiro atoms. The van der Waals surface area contributed by atoms with Crippen LogP contribution in [0.25, 0.3) is 0 Å². The van der Waals surface area contributed by atoms with E-state index in [2.05, 4.69) is 10.2 Å². The number of aliphatic hydroxyl groups is 1. The minimum Gasteiger partial charge on any atom is -0.387 e. The largest absolute Gasteiger partial charge is 0.387 e. The fraction of sp³-hybridized carbons (Fsp3) is 0.500. The molecule has 1 aliphatic rings. The van der Waals surface area contributed by atoms with Gasteiger partial charge < -0.3 is 14.4 Å². The number of aliphatic hydroxyl groups excluding tert-OH is 1. The number of morpholine rings is 1. The number of hydrogen-bond acceptors (Lipinski definition) is 5. The maximum atomic E-state index is 13.8. The first-order valence-electron chi connectivity index (χ1n) is 7.93. The second-order valence-corrected chi connectivity index (χ2v) is 5.75. The van der Waals surface area contributed by atoms with Crippen LogP contribution in [0.1, 0.15) is 30.5 Å². The predicted molar refractivity (Wildman–Crippen MR) is 82.1 cm³/mol. The number of halogens is 2. The Kier molecular flexibility index (Phi) is 5.17. The Morgan fingerprint density at radius 2 is 2.12 bits per heavy atom. The van der Waals surface area contributed by atoms with Crippen LogP contribution in [0.4, 0.5) is 8.78 Å². The van der Waals surface area contributed by atoms with Gasteiger partial charge in [-0.05, 0) is 19.1 Å². The van der Waals surface area contributed by atoms with Crippen molar-refractivity contribution < 1.29 is 18.6 Å². The highest BCUT2D eigenvalue weighted by Gasteiger charge is 2.28. The van der Waals surface area contributed by atoms with E-state index < -0.39 is 17.7 Å². The lowest BCUT2D eigenvalue weighted by atomic mass is 10.1. The molecule has 1 saturated heterocycles. The summed E-state index contributed by atoms with van der Waals surface area (Å²) in [6.07, 6.45) is 0.120. The van der Waals surface area contributed by atoms with E-state index in [0.717, 1.165) is 18.7 Å². The quantitative estimate of drug-likeness (QED) is 0.899. The molecule has 6 nitrogen and oxygen atoms in total. The van der Waals surface area contributed by atoms with Crippen molar-refractivity contribution in [2.75, 3.05) is 26.2 Å². The maximum Gasteiger partial charge on any atom is 0.163 e. The number of aromatic nitrogens is 3. The predicted octanol–water partition coefficient (Wildman–Crippen LogP) is 1.68. The number of β-amino-alcohol motifs (C(OH)–C–C–N with tert-alkyl or cyclic N) is 1. The number of nitrogens with zero attached hydrogens (tertiary/aromatic N) is 4. The zero-order valence-corrected chi connectivity index (χ0v) is 13.4. The van der Waals surface area contributed by atoms with Crippen LogP contribution in [-0.4, -0.2) is 51.0 Å². The highest BCUT2D eigenvalue weighted by atomic mass is 19.1. The van der Waals surface area contributed by atoms with Gasteiger partial charge >= 0.3 is 0 Å². The summed E-state index contributed by atoms with van der Waals surface area (Å²) in [7, 11) is 0. The van der Waals surface area contributed by atoms with Crippen LogP contribution in [0, 0.1) is 11.6 Å². The SMILES string of the molecule is CCn1cnnc1C1CN(CC(O)c2c(F)cccc2F)CCO1. The molecular weight excluding hydrogens is 318 g/mol. The second-order valence-electron chi connectivity index (χ2n) is 5.75. The summed E-state index contributed by atoms with van der Waals surface area (Å²) < 4.78 is 35.2. The fourth-order valence-corrected chi connectivity index (χ4v) is 2.95. The number of aryl methyl sites for hydroxylation is 1. The molecule has 0 saturated carbocycles. The normalized spacial score (nSPS) is 20.2. The van der Waals surface area contributed by atoms with Gasteiger partial charge in [-0.2, -0.15) is 0 Å². The van der Waals surface area contributed by atoms with Gasteiger partial charge in [-0.3, -0.25) is 4.90 Å². The third-order valence-electron chi connectivity index (χ3n) is 4.19. The Morgan fingerprint density at radius 3 is 2.83 bits per heavy atom. The summed E-state index contributed by atoms with van der Waals surface area (Å²) in [5, 5.41) is 18.2. The van der Waals surface area contributed by atoms with Crippen molar-refractivity contribution in [1.29, 1.82) is 0 Å². The lowest BCUT2D eigenvalue weighted by molar-refractivity contribution is -0.0481. The molecule has 1 aliphatic heterocycles. The third kappa shape index (κ3) is 3.45. The molecule has 1 aromatic heterocycles. The van der Waals surface area contributed by atoms with Crippen LogP contribution in [0.15, 0.2) is 24.5 Å². The lowest BCUT2D eigenvalue weighted by Crippen LogP contribution is -2.41. The average molecular weight is 338 g/mol. The van der Waals surface area contributed by atoms with Crippen molar-refractivity contribution in [1.82, 2.24) is 19.7 Å². The first-order chi connectivity index (χ1) is 11.6. The molecule has 8 heteroatoms. The van der Waals surface area contributed by atoms with Crippen molar-refractivity contribution in [3.63, 3.8) is 0 Å². The van der Waals surface area contributed by atoms with Crippen molar-refractivity contribution in [3.8, 4) is 0 Å². The molecule has 2 unspecified atom stereocenters. The smallest absolute Gasteiger partial charge is 0.163 e. The van der Waals surface area contributed by atoms with Gasteiger partial charge in [0, 0.05) is 26.2 Å². The van der Waals surface area contributed by atoms with Crippen molar-refractivity contribution in [2.24, 2.45) is 0 Å².